The van der Waals surface area contributed by atoms with E-state index < -0.39 is 0 Å². The molecule has 0 radical (unpaired) electrons. The summed E-state index contributed by atoms with van der Waals surface area (Å²) in [4.78, 5) is 21.2. The number of hydrogen-bond acceptors (Lipinski definition) is 6. The maximum atomic E-state index is 12.7. The Morgan fingerprint density at radius 2 is 1.90 bits per heavy atom. The Morgan fingerprint density at radius 3 is 2.52 bits per heavy atom. The third-order valence-corrected chi connectivity index (χ3v) is 5.85. The van der Waals surface area contributed by atoms with Crippen molar-refractivity contribution < 1.29 is 13.9 Å². The van der Waals surface area contributed by atoms with E-state index >= 15 is 0 Å². The largest absolute Gasteiger partial charge is 0.495 e. The van der Waals surface area contributed by atoms with Crippen molar-refractivity contribution in [3.63, 3.8) is 0 Å². The van der Waals surface area contributed by atoms with Gasteiger partial charge in [-0.05, 0) is 50.6 Å². The third kappa shape index (κ3) is 5.41. The van der Waals surface area contributed by atoms with Crippen LogP contribution < -0.4 is 15.4 Å². The number of halogens is 1. The van der Waals surface area contributed by atoms with Gasteiger partial charge in [0.1, 0.15) is 23.8 Å². The highest BCUT2D eigenvalue weighted by molar-refractivity contribution is 6.32. The summed E-state index contributed by atoms with van der Waals surface area (Å²) in [7, 11) is 1.60. The van der Waals surface area contributed by atoms with Crippen LogP contribution in [-0.4, -0.2) is 56.4 Å². The minimum Gasteiger partial charge on any atom is -0.495 e. The normalized spacial score (nSPS) is 15.7. The fourth-order valence-corrected chi connectivity index (χ4v) is 3.62. The molecular weight excluding hydrogens is 416 g/mol. The third-order valence-electron chi connectivity index (χ3n) is 5.54. The van der Waals surface area contributed by atoms with E-state index in [1.807, 2.05) is 56.0 Å². The molecule has 1 amide bonds. The molecule has 2 N–H and O–H groups in total. The summed E-state index contributed by atoms with van der Waals surface area (Å²) in [5, 5.41) is 0.584. The predicted molar refractivity (Wildman–Crippen MR) is 125 cm³/mol. The molecule has 8 heteroatoms. The molecule has 0 atom stereocenters. The summed E-state index contributed by atoms with van der Waals surface area (Å²) < 4.78 is 10.9. The van der Waals surface area contributed by atoms with Crippen LogP contribution in [0.5, 0.6) is 5.75 Å². The van der Waals surface area contributed by atoms with Crippen molar-refractivity contribution >= 4 is 34.6 Å². The number of methoxy groups -OCH3 is 1. The zero-order valence-electron chi connectivity index (χ0n) is 18.4. The highest BCUT2D eigenvalue weighted by Crippen LogP contribution is 2.29. The van der Waals surface area contributed by atoms with E-state index in [9.17, 15) is 4.79 Å². The van der Waals surface area contributed by atoms with Crippen LogP contribution in [0.1, 0.15) is 25.4 Å². The summed E-state index contributed by atoms with van der Waals surface area (Å²) >= 11 is 6.11. The summed E-state index contributed by atoms with van der Waals surface area (Å²) in [5.41, 5.74) is 9.30. The van der Waals surface area contributed by atoms with Gasteiger partial charge in [0.15, 0.2) is 0 Å². The second-order valence-corrected chi connectivity index (χ2v) is 7.94. The molecule has 0 unspecified atom stereocenters. The van der Waals surface area contributed by atoms with Gasteiger partial charge in [-0.25, -0.2) is 0 Å². The van der Waals surface area contributed by atoms with Crippen LogP contribution in [0.25, 0.3) is 5.70 Å². The molecule has 1 saturated heterocycles. The number of furan rings is 1. The first-order valence-electron chi connectivity index (χ1n) is 10.2. The fourth-order valence-electron chi connectivity index (χ4n) is 3.42. The van der Waals surface area contributed by atoms with Crippen LogP contribution >= 0.6 is 11.6 Å². The Kier molecular flexibility index (Phi) is 7.28. The molecule has 1 fully saturated rings. The van der Waals surface area contributed by atoms with Crippen molar-refractivity contribution in [2.24, 2.45) is 10.7 Å². The van der Waals surface area contributed by atoms with Crippen molar-refractivity contribution in [1.82, 2.24) is 4.90 Å². The lowest BCUT2D eigenvalue weighted by Gasteiger charge is -2.36. The predicted octanol–water partition coefficient (Wildman–Crippen LogP) is 3.75. The van der Waals surface area contributed by atoms with Crippen molar-refractivity contribution in [2.75, 3.05) is 44.7 Å². The molecule has 7 nitrogen and oxygen atoms in total. The number of hydrogen-bond donors (Lipinski definition) is 1. The van der Waals surface area contributed by atoms with E-state index in [1.54, 1.807) is 7.11 Å². The lowest BCUT2D eigenvalue weighted by molar-refractivity contribution is -0.129. The number of amides is 1. The SMILES string of the molecule is COc1cc(N2CCN(C(=O)CN=C(C)C(C)=C(N)c3ccc(C)o3)CC2)ccc1Cl. The molecule has 3 rings (SSSR count). The number of carbonyl (C=O) groups is 1. The van der Waals surface area contributed by atoms with Crippen LogP contribution in [-0.2, 0) is 4.79 Å². The quantitative estimate of drug-likeness (QED) is 0.686. The van der Waals surface area contributed by atoms with Gasteiger partial charge >= 0.3 is 0 Å². The zero-order valence-corrected chi connectivity index (χ0v) is 19.2. The maximum absolute atomic E-state index is 12.7. The van der Waals surface area contributed by atoms with E-state index in [1.165, 1.54) is 0 Å². The second kappa shape index (κ2) is 9.92. The van der Waals surface area contributed by atoms with E-state index in [4.69, 9.17) is 26.5 Å². The van der Waals surface area contributed by atoms with Crippen molar-refractivity contribution in [1.29, 1.82) is 0 Å². The number of aliphatic imine (C=N–C) groups is 1. The molecule has 0 bridgehead atoms. The molecule has 166 valence electrons. The lowest BCUT2D eigenvalue weighted by atomic mass is 10.1. The van der Waals surface area contributed by atoms with Crippen LogP contribution in [0.4, 0.5) is 5.69 Å². The number of ether oxygens (including phenoxy) is 1. The van der Waals surface area contributed by atoms with Crippen LogP contribution in [0.3, 0.4) is 0 Å². The molecule has 31 heavy (non-hydrogen) atoms. The standard InChI is InChI=1S/C23H29ClN4O3/c1-15-5-8-20(31-15)23(25)16(2)17(3)26-14-22(29)28-11-9-27(10-12-28)18-6-7-19(24)21(13-18)30-4/h5-8,13H,9-12,14,25H2,1-4H3. The van der Waals surface area contributed by atoms with Gasteiger partial charge in [0, 0.05) is 43.6 Å². The fraction of sp³-hybridized carbons (Fsp3) is 0.391. The average Bonchev–Trinajstić information content (AvgIpc) is 3.22. The van der Waals surface area contributed by atoms with Crippen molar-refractivity contribution in [2.45, 2.75) is 20.8 Å². The molecule has 0 spiro atoms. The number of anilines is 1. The van der Waals surface area contributed by atoms with Crippen LogP contribution in [0, 0.1) is 6.92 Å². The molecule has 0 saturated carbocycles. The van der Waals surface area contributed by atoms with E-state index in [2.05, 4.69) is 9.89 Å². The Bertz CT molecular complexity index is 1000. The monoisotopic (exact) mass is 444 g/mol. The van der Waals surface area contributed by atoms with E-state index in [0.29, 0.717) is 35.3 Å². The minimum absolute atomic E-state index is 0.00732. The Balaban J connectivity index is 1.57. The van der Waals surface area contributed by atoms with Crippen LogP contribution in [0.15, 0.2) is 45.3 Å². The van der Waals surface area contributed by atoms with Crippen LogP contribution in [0.2, 0.25) is 5.02 Å². The van der Waals surface area contributed by atoms with Crippen molar-refractivity contribution in [3.05, 3.63) is 52.4 Å². The molecule has 1 aromatic carbocycles. The first kappa shape index (κ1) is 22.7. The molecule has 1 aliphatic heterocycles. The number of piperazine rings is 1. The van der Waals surface area contributed by atoms with Gasteiger partial charge in [0.2, 0.25) is 5.91 Å². The Labute approximate surface area is 188 Å². The minimum atomic E-state index is 0.00732. The topological polar surface area (TPSA) is 84.3 Å². The van der Waals surface area contributed by atoms with Gasteiger partial charge in [-0.3, -0.25) is 9.79 Å². The molecule has 2 aromatic rings. The zero-order chi connectivity index (χ0) is 22.5. The van der Waals surface area contributed by atoms with Gasteiger partial charge in [-0.1, -0.05) is 11.6 Å². The number of aryl methyl sites for hydroxylation is 1. The highest BCUT2D eigenvalue weighted by atomic mass is 35.5. The molecule has 1 aromatic heterocycles. The van der Waals surface area contributed by atoms with Gasteiger partial charge < -0.3 is 24.7 Å². The average molecular weight is 445 g/mol. The number of allylic oxidation sites excluding steroid dienone is 1. The van der Waals surface area contributed by atoms with Gasteiger partial charge in [0.05, 0.1) is 17.8 Å². The Morgan fingerprint density at radius 1 is 1.19 bits per heavy atom. The number of benzene rings is 1. The number of nitrogens with two attached hydrogens (primary N) is 1. The first-order chi connectivity index (χ1) is 14.8. The van der Waals surface area contributed by atoms with E-state index in [0.717, 1.165) is 35.8 Å². The maximum Gasteiger partial charge on any atom is 0.244 e. The lowest BCUT2D eigenvalue weighted by Crippen LogP contribution is -2.49. The summed E-state index contributed by atoms with van der Waals surface area (Å²) in [6.07, 6.45) is 0. The number of carbonyl (C=O) groups excluding carboxylic acids is 1. The van der Waals surface area contributed by atoms with E-state index in [-0.39, 0.29) is 12.5 Å². The number of rotatable bonds is 6. The molecule has 1 aliphatic rings. The second-order valence-electron chi connectivity index (χ2n) is 7.54. The smallest absolute Gasteiger partial charge is 0.244 e. The number of nitrogens with zero attached hydrogens (tertiary/aromatic N) is 3. The summed E-state index contributed by atoms with van der Waals surface area (Å²) in [6, 6.07) is 9.42. The van der Waals surface area contributed by atoms with Gasteiger partial charge in [-0.2, -0.15) is 0 Å². The molecular formula is C23H29ClN4O3. The van der Waals surface area contributed by atoms with Gasteiger partial charge in [-0.15, -0.1) is 0 Å². The first-order valence-corrected chi connectivity index (χ1v) is 10.6. The highest BCUT2D eigenvalue weighted by Gasteiger charge is 2.21. The molecule has 0 aliphatic carbocycles. The van der Waals surface area contributed by atoms with Gasteiger partial charge in [0.25, 0.3) is 0 Å². The summed E-state index contributed by atoms with van der Waals surface area (Å²) in [5.74, 6) is 2.07. The summed E-state index contributed by atoms with van der Waals surface area (Å²) in [6.45, 7) is 8.47. The Hall–Kier alpha value is -2.93. The molecule has 2 heterocycles. The van der Waals surface area contributed by atoms with Crippen molar-refractivity contribution in [3.8, 4) is 5.75 Å².